The molecule has 2 aromatic heterocycles. The Labute approximate surface area is 204 Å². The van der Waals surface area contributed by atoms with Gasteiger partial charge in [-0.2, -0.15) is 0 Å². The molecule has 3 rings (SSSR count). The molecule has 0 atom stereocenters. The average Bonchev–Trinajstić information content (AvgIpc) is 3.39. The highest BCUT2D eigenvalue weighted by Crippen LogP contribution is 2.25. The predicted octanol–water partition coefficient (Wildman–Crippen LogP) is 4.95. The molecule has 0 spiro atoms. The number of nitrogens with one attached hydrogen (secondary N) is 1. The highest BCUT2D eigenvalue weighted by atomic mass is 32.1. The van der Waals surface area contributed by atoms with Crippen LogP contribution in [0.5, 0.6) is 0 Å². The van der Waals surface area contributed by atoms with Gasteiger partial charge in [-0.05, 0) is 76.9 Å². The van der Waals surface area contributed by atoms with Gasteiger partial charge < -0.3 is 10.2 Å². The van der Waals surface area contributed by atoms with Gasteiger partial charge in [0.05, 0.1) is 17.0 Å². The van der Waals surface area contributed by atoms with Crippen LogP contribution in [0.25, 0.3) is 10.1 Å². The van der Waals surface area contributed by atoms with Crippen molar-refractivity contribution in [1.82, 2.24) is 15.3 Å². The minimum absolute atomic E-state index is 0.00415. The summed E-state index contributed by atoms with van der Waals surface area (Å²) in [7, 11) is 2.08. The fraction of sp³-hybridized carbons (Fsp3) is 0.440. The SMILES string of the molecule is CN(CCCc1ccc(CN(C=O)OC(C)(C)C)s1)CCNC(=O)c1cc2ccccc2s1. The van der Waals surface area contributed by atoms with E-state index in [4.69, 9.17) is 4.84 Å². The van der Waals surface area contributed by atoms with Crippen molar-refractivity contribution in [3.8, 4) is 0 Å². The summed E-state index contributed by atoms with van der Waals surface area (Å²) in [6.45, 7) is 8.64. The molecular formula is C25H33N3O3S2. The topological polar surface area (TPSA) is 61.9 Å². The number of likely N-dealkylation sites (N-methyl/N-ethyl adjacent to an activating group) is 1. The first kappa shape index (κ1) is 25.4. The Hall–Kier alpha value is -2.26. The number of rotatable bonds is 12. The van der Waals surface area contributed by atoms with E-state index >= 15 is 0 Å². The fourth-order valence-corrected chi connectivity index (χ4v) is 5.44. The Morgan fingerprint density at radius 1 is 1.09 bits per heavy atom. The number of hydrogen-bond donors (Lipinski definition) is 1. The highest BCUT2D eigenvalue weighted by Gasteiger charge is 2.17. The lowest BCUT2D eigenvalue weighted by molar-refractivity contribution is -0.220. The van der Waals surface area contributed by atoms with E-state index in [-0.39, 0.29) is 5.91 Å². The first-order chi connectivity index (χ1) is 15.7. The van der Waals surface area contributed by atoms with Crippen molar-refractivity contribution in [2.45, 2.75) is 45.8 Å². The Kier molecular flexibility index (Phi) is 9.02. The number of nitrogens with zero attached hydrogens (tertiary/aromatic N) is 2. The molecule has 6 nitrogen and oxygen atoms in total. The van der Waals surface area contributed by atoms with Gasteiger partial charge in [-0.3, -0.25) is 14.4 Å². The first-order valence-electron chi connectivity index (χ1n) is 11.2. The van der Waals surface area contributed by atoms with Crippen molar-refractivity contribution in [1.29, 1.82) is 0 Å². The number of hydrogen-bond acceptors (Lipinski definition) is 6. The average molecular weight is 488 g/mol. The lowest BCUT2D eigenvalue weighted by Gasteiger charge is -2.26. The van der Waals surface area contributed by atoms with Crippen LogP contribution in [0.3, 0.4) is 0 Å². The Balaban J connectivity index is 1.34. The van der Waals surface area contributed by atoms with Crippen molar-refractivity contribution in [2.75, 3.05) is 26.7 Å². The van der Waals surface area contributed by atoms with E-state index in [1.54, 1.807) is 11.3 Å². The van der Waals surface area contributed by atoms with Gasteiger partial charge in [0.1, 0.15) is 0 Å². The van der Waals surface area contributed by atoms with Gasteiger partial charge in [-0.25, -0.2) is 5.06 Å². The molecule has 33 heavy (non-hydrogen) atoms. The molecule has 0 unspecified atom stereocenters. The van der Waals surface area contributed by atoms with E-state index in [1.807, 2.05) is 51.1 Å². The zero-order valence-electron chi connectivity index (χ0n) is 19.8. The maximum atomic E-state index is 12.4. The van der Waals surface area contributed by atoms with Crippen LogP contribution in [0.15, 0.2) is 42.5 Å². The molecule has 1 aromatic carbocycles. The molecule has 2 heterocycles. The maximum absolute atomic E-state index is 12.4. The molecule has 1 N–H and O–H groups in total. The van der Waals surface area contributed by atoms with Gasteiger partial charge in [-0.1, -0.05) is 18.2 Å². The lowest BCUT2D eigenvalue weighted by Crippen LogP contribution is -2.33. The fourth-order valence-electron chi connectivity index (χ4n) is 3.41. The van der Waals surface area contributed by atoms with E-state index in [0.717, 1.165) is 52.2 Å². The van der Waals surface area contributed by atoms with Crippen LogP contribution < -0.4 is 5.32 Å². The summed E-state index contributed by atoms with van der Waals surface area (Å²) >= 11 is 3.25. The standard InChI is InChI=1S/C25H33N3O3S2/c1-25(2,3)31-28(18-29)17-21-12-11-20(32-21)9-7-14-27(4)15-13-26-24(30)23-16-19-8-5-6-10-22(19)33-23/h5-6,8,10-12,16,18H,7,9,13-15,17H2,1-4H3,(H,26,30). The van der Waals surface area contributed by atoms with Gasteiger partial charge in [0.15, 0.2) is 0 Å². The summed E-state index contributed by atoms with van der Waals surface area (Å²) in [5.41, 5.74) is -0.400. The van der Waals surface area contributed by atoms with E-state index < -0.39 is 5.60 Å². The third kappa shape index (κ3) is 8.23. The molecular weight excluding hydrogens is 454 g/mol. The maximum Gasteiger partial charge on any atom is 0.261 e. The quantitative estimate of drug-likeness (QED) is 0.290. The van der Waals surface area contributed by atoms with Crippen LogP contribution in [0.2, 0.25) is 0 Å². The number of thiophene rings is 2. The largest absolute Gasteiger partial charge is 0.350 e. The summed E-state index contributed by atoms with van der Waals surface area (Å²) in [5, 5.41) is 5.50. The second-order valence-corrected chi connectivity index (χ2v) is 11.4. The predicted molar refractivity (Wildman–Crippen MR) is 137 cm³/mol. The number of hydroxylamine groups is 2. The lowest BCUT2D eigenvalue weighted by atomic mass is 10.2. The van der Waals surface area contributed by atoms with Crippen LogP contribution in [0, 0.1) is 0 Å². The van der Waals surface area contributed by atoms with Gasteiger partial charge in [-0.15, -0.1) is 22.7 Å². The normalized spacial score (nSPS) is 11.8. The second-order valence-electron chi connectivity index (χ2n) is 9.06. The van der Waals surface area contributed by atoms with Crippen LogP contribution >= 0.6 is 22.7 Å². The minimum atomic E-state index is -0.400. The molecule has 2 amide bonds. The number of fused-ring (bicyclic) bond motifs is 1. The van der Waals surface area contributed by atoms with E-state index in [2.05, 4.69) is 29.4 Å². The molecule has 3 aromatic rings. The first-order valence-corrected chi connectivity index (χ1v) is 12.8. The monoisotopic (exact) mass is 487 g/mol. The van der Waals surface area contributed by atoms with Gasteiger partial charge >= 0.3 is 0 Å². The second kappa shape index (κ2) is 11.7. The molecule has 0 radical (unpaired) electrons. The van der Waals surface area contributed by atoms with Crippen molar-refractivity contribution in [3.63, 3.8) is 0 Å². The van der Waals surface area contributed by atoms with Crippen LogP contribution in [0.1, 0.15) is 46.6 Å². The van der Waals surface area contributed by atoms with Crippen LogP contribution in [-0.4, -0.2) is 54.6 Å². The molecule has 0 saturated carbocycles. The number of carbonyl (C=O) groups excluding carboxylic acids is 2. The number of aryl methyl sites for hydroxylation is 1. The summed E-state index contributed by atoms with van der Waals surface area (Å²) in [4.78, 5) is 34.7. The van der Waals surface area contributed by atoms with Crippen molar-refractivity contribution < 1.29 is 14.4 Å². The van der Waals surface area contributed by atoms with Gasteiger partial charge in [0, 0.05) is 27.5 Å². The summed E-state index contributed by atoms with van der Waals surface area (Å²) in [6.07, 6.45) is 2.76. The number of carbonyl (C=O) groups is 2. The van der Waals surface area contributed by atoms with Gasteiger partial charge in [0.25, 0.3) is 5.91 Å². The molecule has 0 aliphatic rings. The summed E-state index contributed by atoms with van der Waals surface area (Å²) in [5.74, 6) is -0.00415. The molecule has 0 bridgehead atoms. The van der Waals surface area contributed by atoms with E-state index in [1.165, 1.54) is 21.3 Å². The molecule has 0 aliphatic heterocycles. The van der Waals surface area contributed by atoms with Gasteiger partial charge in [0.2, 0.25) is 6.41 Å². The third-order valence-electron chi connectivity index (χ3n) is 4.93. The summed E-state index contributed by atoms with van der Waals surface area (Å²) in [6, 6.07) is 14.2. The van der Waals surface area contributed by atoms with Crippen LogP contribution in [-0.2, 0) is 22.6 Å². The zero-order valence-corrected chi connectivity index (χ0v) is 21.4. The summed E-state index contributed by atoms with van der Waals surface area (Å²) < 4.78 is 1.14. The van der Waals surface area contributed by atoms with Crippen molar-refractivity contribution >= 4 is 45.1 Å². The van der Waals surface area contributed by atoms with Crippen molar-refractivity contribution in [3.05, 3.63) is 57.1 Å². The smallest absolute Gasteiger partial charge is 0.261 e. The van der Waals surface area contributed by atoms with Crippen LogP contribution in [0.4, 0.5) is 0 Å². The molecule has 178 valence electrons. The molecule has 8 heteroatoms. The number of benzene rings is 1. The minimum Gasteiger partial charge on any atom is -0.350 e. The Bertz CT molecular complexity index is 1020. The molecule has 0 aliphatic carbocycles. The zero-order chi connectivity index (χ0) is 23.8. The Morgan fingerprint density at radius 2 is 1.85 bits per heavy atom. The highest BCUT2D eigenvalue weighted by molar-refractivity contribution is 7.20. The van der Waals surface area contributed by atoms with E-state index in [9.17, 15) is 9.59 Å². The van der Waals surface area contributed by atoms with Crippen molar-refractivity contribution in [2.24, 2.45) is 0 Å². The van der Waals surface area contributed by atoms with E-state index in [0.29, 0.717) is 13.1 Å². The Morgan fingerprint density at radius 3 is 2.58 bits per heavy atom. The number of amides is 2. The molecule has 0 saturated heterocycles. The third-order valence-corrected chi connectivity index (χ3v) is 7.17. The molecule has 0 fully saturated rings.